The van der Waals surface area contributed by atoms with Gasteiger partial charge in [0.15, 0.2) is 0 Å². The number of nitrogens with one attached hydrogen (secondary N) is 1. The van der Waals surface area contributed by atoms with E-state index in [4.69, 9.17) is 5.73 Å². The Hall–Kier alpha value is -0.0800. The minimum atomic E-state index is 0.618. The molecule has 0 aromatic rings. The molecule has 0 aromatic heterocycles. The van der Waals surface area contributed by atoms with Crippen LogP contribution in [0.1, 0.15) is 38.5 Å². The van der Waals surface area contributed by atoms with Crippen molar-refractivity contribution in [3.63, 3.8) is 0 Å². The Labute approximate surface area is 81.3 Å². The zero-order chi connectivity index (χ0) is 9.10. The zero-order valence-corrected chi connectivity index (χ0v) is 8.47. The molecule has 2 fully saturated rings. The van der Waals surface area contributed by atoms with Crippen LogP contribution in [0, 0.1) is 11.8 Å². The van der Waals surface area contributed by atoms with Crippen molar-refractivity contribution in [1.29, 1.82) is 0 Å². The normalized spacial score (nSPS) is 25.6. The van der Waals surface area contributed by atoms with Gasteiger partial charge >= 0.3 is 0 Å². The molecule has 13 heavy (non-hydrogen) atoms. The average molecular weight is 182 g/mol. The first-order chi connectivity index (χ1) is 6.40. The van der Waals surface area contributed by atoms with Crippen molar-refractivity contribution < 1.29 is 0 Å². The van der Waals surface area contributed by atoms with Gasteiger partial charge in [-0.05, 0) is 37.6 Å². The highest BCUT2D eigenvalue weighted by Gasteiger charge is 2.26. The first-order valence-corrected chi connectivity index (χ1v) is 5.83. The highest BCUT2D eigenvalue weighted by molar-refractivity contribution is 4.84. The molecule has 0 bridgehead atoms. The molecule has 2 saturated carbocycles. The molecule has 2 heteroatoms. The van der Waals surface area contributed by atoms with Crippen molar-refractivity contribution in [2.45, 2.75) is 44.6 Å². The maximum absolute atomic E-state index is 5.75. The minimum absolute atomic E-state index is 0.618. The first-order valence-electron chi connectivity index (χ1n) is 5.83. The molecule has 0 spiro atoms. The topological polar surface area (TPSA) is 38.0 Å². The van der Waals surface area contributed by atoms with Gasteiger partial charge in [0, 0.05) is 12.6 Å². The number of hydrogen-bond acceptors (Lipinski definition) is 2. The molecular weight excluding hydrogens is 160 g/mol. The molecule has 2 rings (SSSR count). The van der Waals surface area contributed by atoms with Gasteiger partial charge in [-0.3, -0.25) is 0 Å². The van der Waals surface area contributed by atoms with Crippen molar-refractivity contribution >= 4 is 0 Å². The minimum Gasteiger partial charge on any atom is -0.329 e. The van der Waals surface area contributed by atoms with Crippen LogP contribution in [0.25, 0.3) is 0 Å². The lowest BCUT2D eigenvalue weighted by Gasteiger charge is -2.33. The van der Waals surface area contributed by atoms with E-state index in [0.29, 0.717) is 6.04 Å². The van der Waals surface area contributed by atoms with Gasteiger partial charge in [-0.15, -0.1) is 0 Å². The van der Waals surface area contributed by atoms with E-state index in [1.807, 2.05) is 0 Å². The van der Waals surface area contributed by atoms with E-state index in [0.717, 1.165) is 18.4 Å². The molecule has 2 aliphatic carbocycles. The summed E-state index contributed by atoms with van der Waals surface area (Å²) in [5.74, 6) is 1.94. The molecule has 3 N–H and O–H groups in total. The Bertz CT molecular complexity index is 150. The third-order valence-corrected chi connectivity index (χ3v) is 3.63. The Morgan fingerprint density at radius 2 is 2.00 bits per heavy atom. The third kappa shape index (κ3) is 2.68. The molecule has 1 atom stereocenters. The number of nitrogens with two attached hydrogens (primary N) is 1. The van der Waals surface area contributed by atoms with E-state index in [2.05, 4.69) is 5.32 Å². The van der Waals surface area contributed by atoms with Gasteiger partial charge in [0.05, 0.1) is 0 Å². The molecular formula is C11H22N2. The van der Waals surface area contributed by atoms with Crippen LogP contribution in [0.2, 0.25) is 0 Å². The predicted octanol–water partition coefficient (Wildman–Crippen LogP) is 1.50. The quantitative estimate of drug-likeness (QED) is 0.653. The Balaban J connectivity index is 1.58. The van der Waals surface area contributed by atoms with Crippen molar-refractivity contribution in [2.24, 2.45) is 17.6 Å². The fourth-order valence-electron chi connectivity index (χ4n) is 2.16. The third-order valence-electron chi connectivity index (χ3n) is 3.63. The Morgan fingerprint density at radius 1 is 1.23 bits per heavy atom. The molecule has 0 aliphatic heterocycles. The lowest BCUT2D eigenvalue weighted by molar-refractivity contribution is 0.232. The van der Waals surface area contributed by atoms with Crippen molar-refractivity contribution in [1.82, 2.24) is 5.32 Å². The van der Waals surface area contributed by atoms with Gasteiger partial charge in [0.2, 0.25) is 0 Å². The van der Waals surface area contributed by atoms with E-state index in [9.17, 15) is 0 Å². The summed E-state index contributed by atoms with van der Waals surface area (Å²) in [6.07, 6.45) is 8.54. The average Bonchev–Trinajstić information content (AvgIpc) is 2.82. The van der Waals surface area contributed by atoms with Gasteiger partial charge in [-0.2, -0.15) is 0 Å². The fourth-order valence-corrected chi connectivity index (χ4v) is 2.16. The second-order valence-corrected chi connectivity index (χ2v) is 4.72. The van der Waals surface area contributed by atoms with Gasteiger partial charge in [0.1, 0.15) is 0 Å². The van der Waals surface area contributed by atoms with E-state index >= 15 is 0 Å². The summed E-state index contributed by atoms with van der Waals surface area (Å²) in [5, 5.41) is 3.62. The van der Waals surface area contributed by atoms with E-state index in [-0.39, 0.29) is 0 Å². The SMILES string of the molecule is NCC(NCCC1CC1)C1CCC1. The van der Waals surface area contributed by atoms with Crippen LogP contribution in [-0.4, -0.2) is 19.1 Å². The summed E-state index contributed by atoms with van der Waals surface area (Å²) >= 11 is 0. The number of hydrogen-bond donors (Lipinski definition) is 2. The van der Waals surface area contributed by atoms with E-state index in [1.165, 1.54) is 45.1 Å². The van der Waals surface area contributed by atoms with Crippen LogP contribution in [0.5, 0.6) is 0 Å². The van der Waals surface area contributed by atoms with Crippen molar-refractivity contribution in [3.8, 4) is 0 Å². The Morgan fingerprint density at radius 3 is 2.46 bits per heavy atom. The second kappa shape index (κ2) is 4.43. The van der Waals surface area contributed by atoms with E-state index in [1.54, 1.807) is 0 Å². The molecule has 2 aliphatic rings. The monoisotopic (exact) mass is 182 g/mol. The summed E-state index contributed by atoms with van der Waals surface area (Å²) in [7, 11) is 0. The molecule has 2 nitrogen and oxygen atoms in total. The molecule has 0 amide bonds. The predicted molar refractivity (Wildman–Crippen MR) is 55.5 cm³/mol. The second-order valence-electron chi connectivity index (χ2n) is 4.72. The largest absolute Gasteiger partial charge is 0.329 e. The summed E-state index contributed by atoms with van der Waals surface area (Å²) in [6, 6.07) is 0.618. The molecule has 0 heterocycles. The summed E-state index contributed by atoms with van der Waals surface area (Å²) in [4.78, 5) is 0. The maximum Gasteiger partial charge on any atom is 0.0218 e. The Kier molecular flexibility index (Phi) is 3.23. The standard InChI is InChI=1S/C11H22N2/c12-8-11(10-2-1-3-10)13-7-6-9-4-5-9/h9-11,13H,1-8,12H2. The van der Waals surface area contributed by atoms with E-state index < -0.39 is 0 Å². The highest BCUT2D eigenvalue weighted by Crippen LogP contribution is 2.32. The smallest absolute Gasteiger partial charge is 0.0218 e. The lowest BCUT2D eigenvalue weighted by Crippen LogP contribution is -2.45. The van der Waals surface area contributed by atoms with Gasteiger partial charge in [-0.25, -0.2) is 0 Å². The first kappa shape index (κ1) is 9.47. The summed E-state index contributed by atoms with van der Waals surface area (Å²) in [6.45, 7) is 2.03. The molecule has 1 unspecified atom stereocenters. The molecule has 0 radical (unpaired) electrons. The molecule has 76 valence electrons. The highest BCUT2D eigenvalue weighted by atomic mass is 14.9. The maximum atomic E-state index is 5.75. The van der Waals surface area contributed by atoms with Crippen LogP contribution in [-0.2, 0) is 0 Å². The van der Waals surface area contributed by atoms with Crippen molar-refractivity contribution in [3.05, 3.63) is 0 Å². The zero-order valence-electron chi connectivity index (χ0n) is 8.47. The fraction of sp³-hybridized carbons (Fsp3) is 1.00. The van der Waals surface area contributed by atoms with Crippen LogP contribution in [0.4, 0.5) is 0 Å². The molecule has 0 aromatic carbocycles. The lowest BCUT2D eigenvalue weighted by atomic mass is 9.79. The van der Waals surface area contributed by atoms with Gasteiger partial charge in [0.25, 0.3) is 0 Å². The van der Waals surface area contributed by atoms with Gasteiger partial charge < -0.3 is 11.1 Å². The van der Waals surface area contributed by atoms with Crippen LogP contribution in [0.3, 0.4) is 0 Å². The van der Waals surface area contributed by atoms with Crippen molar-refractivity contribution in [2.75, 3.05) is 13.1 Å². The van der Waals surface area contributed by atoms with Crippen LogP contribution < -0.4 is 11.1 Å². The van der Waals surface area contributed by atoms with Crippen LogP contribution in [0.15, 0.2) is 0 Å². The van der Waals surface area contributed by atoms with Gasteiger partial charge in [-0.1, -0.05) is 19.3 Å². The summed E-state index contributed by atoms with van der Waals surface area (Å²) in [5.41, 5.74) is 5.75. The number of rotatable bonds is 6. The molecule has 0 saturated heterocycles. The van der Waals surface area contributed by atoms with Crippen LogP contribution >= 0.6 is 0 Å². The summed E-state index contributed by atoms with van der Waals surface area (Å²) < 4.78 is 0.